The Hall–Kier alpha value is -2.29. The number of rotatable bonds is 2. The van der Waals surface area contributed by atoms with E-state index in [0.29, 0.717) is 5.75 Å². The Balaban J connectivity index is 2.32. The first kappa shape index (κ1) is 13.1. The number of phenols is 1. The molecule has 0 aromatic heterocycles. The number of hydrogen-bond acceptors (Lipinski definition) is 3. The van der Waals surface area contributed by atoms with Crippen molar-refractivity contribution < 1.29 is 14.6 Å². The highest BCUT2D eigenvalue weighted by Gasteiger charge is 2.15. The second-order valence-electron chi connectivity index (χ2n) is 4.63. The van der Waals surface area contributed by atoms with E-state index in [4.69, 9.17) is 4.74 Å². The zero-order valence-corrected chi connectivity index (χ0v) is 11.2. The lowest BCUT2D eigenvalue weighted by Gasteiger charge is -2.12. The normalized spacial score (nSPS) is 10.3. The van der Waals surface area contributed by atoms with Gasteiger partial charge in [0.15, 0.2) is 0 Å². The number of aromatic hydroxyl groups is 1. The molecule has 0 saturated carbocycles. The number of para-hydroxylation sites is 1. The Kier molecular flexibility index (Phi) is 3.56. The highest BCUT2D eigenvalue weighted by atomic mass is 16.5. The minimum Gasteiger partial charge on any atom is -0.507 e. The lowest BCUT2D eigenvalue weighted by atomic mass is 10.1. The van der Waals surface area contributed by atoms with Gasteiger partial charge in [0.05, 0.1) is 0 Å². The van der Waals surface area contributed by atoms with Crippen LogP contribution in [0.2, 0.25) is 0 Å². The molecule has 3 heteroatoms. The first-order valence-electron chi connectivity index (χ1n) is 6.07. The molecule has 2 rings (SSSR count). The SMILES string of the molecule is Cc1cc(C)c(OC(=O)c2ccccc2O)c(C)c1. The van der Waals surface area contributed by atoms with Gasteiger partial charge < -0.3 is 9.84 Å². The standard InChI is InChI=1S/C16H16O3/c1-10-8-11(2)15(12(3)9-10)19-16(18)13-6-4-5-7-14(13)17/h4-9,17H,1-3H3. The molecule has 98 valence electrons. The van der Waals surface area contributed by atoms with Crippen molar-refractivity contribution in [3.63, 3.8) is 0 Å². The van der Waals surface area contributed by atoms with Gasteiger partial charge in [0.25, 0.3) is 0 Å². The molecule has 0 unspecified atom stereocenters. The molecule has 0 heterocycles. The van der Waals surface area contributed by atoms with Crippen LogP contribution in [-0.4, -0.2) is 11.1 Å². The summed E-state index contributed by atoms with van der Waals surface area (Å²) >= 11 is 0. The fourth-order valence-electron chi connectivity index (χ4n) is 2.12. The molecular weight excluding hydrogens is 240 g/mol. The number of ether oxygens (including phenoxy) is 1. The van der Waals surface area contributed by atoms with Crippen molar-refractivity contribution in [1.29, 1.82) is 0 Å². The Morgan fingerprint density at radius 2 is 1.63 bits per heavy atom. The summed E-state index contributed by atoms with van der Waals surface area (Å²) in [6.45, 7) is 5.79. The Morgan fingerprint density at radius 1 is 1.05 bits per heavy atom. The summed E-state index contributed by atoms with van der Waals surface area (Å²) in [4.78, 5) is 12.0. The molecule has 3 nitrogen and oxygen atoms in total. The van der Waals surface area contributed by atoms with Gasteiger partial charge in [0.2, 0.25) is 0 Å². The third-order valence-electron chi connectivity index (χ3n) is 2.92. The Bertz CT molecular complexity index is 607. The van der Waals surface area contributed by atoms with E-state index in [-0.39, 0.29) is 11.3 Å². The summed E-state index contributed by atoms with van der Waals surface area (Å²) < 4.78 is 5.40. The van der Waals surface area contributed by atoms with Crippen LogP contribution >= 0.6 is 0 Å². The van der Waals surface area contributed by atoms with E-state index in [1.165, 1.54) is 12.1 Å². The number of benzene rings is 2. The van der Waals surface area contributed by atoms with Crippen LogP contribution in [0.5, 0.6) is 11.5 Å². The van der Waals surface area contributed by atoms with E-state index >= 15 is 0 Å². The third-order valence-corrected chi connectivity index (χ3v) is 2.92. The molecular formula is C16H16O3. The minimum absolute atomic E-state index is 0.0742. The van der Waals surface area contributed by atoms with Crippen LogP contribution in [0, 0.1) is 20.8 Å². The average molecular weight is 256 g/mol. The largest absolute Gasteiger partial charge is 0.507 e. The predicted molar refractivity (Wildman–Crippen MR) is 73.7 cm³/mol. The summed E-state index contributed by atoms with van der Waals surface area (Å²) in [5.74, 6) is -0.0677. The van der Waals surface area contributed by atoms with E-state index in [2.05, 4.69) is 0 Å². The predicted octanol–water partition coefficient (Wildman–Crippen LogP) is 3.54. The first-order valence-corrected chi connectivity index (χ1v) is 6.07. The fourth-order valence-corrected chi connectivity index (χ4v) is 2.12. The minimum atomic E-state index is -0.548. The molecule has 1 N–H and O–H groups in total. The van der Waals surface area contributed by atoms with Gasteiger partial charge in [-0.05, 0) is 44.0 Å². The molecule has 0 aliphatic heterocycles. The smallest absolute Gasteiger partial charge is 0.347 e. The van der Waals surface area contributed by atoms with Gasteiger partial charge in [-0.25, -0.2) is 4.79 Å². The number of aryl methyl sites for hydroxylation is 3. The fraction of sp³-hybridized carbons (Fsp3) is 0.188. The van der Waals surface area contributed by atoms with Crippen LogP contribution in [0.1, 0.15) is 27.0 Å². The van der Waals surface area contributed by atoms with Crippen molar-refractivity contribution in [3.05, 3.63) is 58.7 Å². The summed E-state index contributed by atoms with van der Waals surface area (Å²) in [7, 11) is 0. The maximum Gasteiger partial charge on any atom is 0.347 e. The lowest BCUT2D eigenvalue weighted by Crippen LogP contribution is -2.10. The molecule has 19 heavy (non-hydrogen) atoms. The Morgan fingerprint density at radius 3 is 2.21 bits per heavy atom. The molecule has 0 aliphatic carbocycles. The summed E-state index contributed by atoms with van der Waals surface area (Å²) in [6.07, 6.45) is 0. The van der Waals surface area contributed by atoms with Gasteiger partial charge in [-0.2, -0.15) is 0 Å². The third kappa shape index (κ3) is 2.76. The van der Waals surface area contributed by atoms with Gasteiger partial charge in [0, 0.05) is 0 Å². The van der Waals surface area contributed by atoms with Crippen molar-refractivity contribution in [2.24, 2.45) is 0 Å². The number of hydrogen-bond donors (Lipinski definition) is 1. The number of esters is 1. The molecule has 0 fully saturated rings. The van der Waals surface area contributed by atoms with Gasteiger partial charge in [-0.3, -0.25) is 0 Å². The van der Waals surface area contributed by atoms with Crippen LogP contribution in [-0.2, 0) is 0 Å². The number of phenolic OH excluding ortho intramolecular Hbond substituents is 1. The summed E-state index contributed by atoms with van der Waals surface area (Å²) in [6, 6.07) is 10.3. The van der Waals surface area contributed by atoms with Crippen LogP contribution in [0.15, 0.2) is 36.4 Å². The van der Waals surface area contributed by atoms with Crippen LogP contribution < -0.4 is 4.74 Å². The molecule has 2 aromatic rings. The van der Waals surface area contributed by atoms with E-state index < -0.39 is 5.97 Å². The van der Waals surface area contributed by atoms with Gasteiger partial charge >= 0.3 is 5.97 Å². The van der Waals surface area contributed by atoms with Crippen molar-refractivity contribution in [2.75, 3.05) is 0 Å². The summed E-state index contributed by atoms with van der Waals surface area (Å²) in [5.41, 5.74) is 3.10. The summed E-state index contributed by atoms with van der Waals surface area (Å²) in [5, 5.41) is 9.64. The molecule has 2 aromatic carbocycles. The topological polar surface area (TPSA) is 46.5 Å². The monoisotopic (exact) mass is 256 g/mol. The van der Waals surface area contributed by atoms with E-state index in [1.54, 1.807) is 12.1 Å². The molecule has 0 spiro atoms. The quantitative estimate of drug-likeness (QED) is 0.660. The molecule has 0 atom stereocenters. The maximum atomic E-state index is 12.0. The first-order chi connectivity index (χ1) is 8.99. The van der Waals surface area contributed by atoms with E-state index in [1.807, 2.05) is 32.9 Å². The molecule has 0 saturated heterocycles. The van der Waals surface area contributed by atoms with E-state index in [9.17, 15) is 9.90 Å². The zero-order chi connectivity index (χ0) is 14.0. The van der Waals surface area contributed by atoms with Crippen LogP contribution in [0.4, 0.5) is 0 Å². The van der Waals surface area contributed by atoms with Gasteiger partial charge in [-0.1, -0.05) is 29.8 Å². The van der Waals surface area contributed by atoms with Crippen LogP contribution in [0.3, 0.4) is 0 Å². The van der Waals surface area contributed by atoms with Crippen LogP contribution in [0.25, 0.3) is 0 Å². The van der Waals surface area contributed by atoms with E-state index in [0.717, 1.165) is 16.7 Å². The van der Waals surface area contributed by atoms with Crippen molar-refractivity contribution in [1.82, 2.24) is 0 Å². The van der Waals surface area contributed by atoms with Gasteiger partial charge in [0.1, 0.15) is 17.1 Å². The molecule has 0 aliphatic rings. The van der Waals surface area contributed by atoms with Crippen molar-refractivity contribution in [2.45, 2.75) is 20.8 Å². The van der Waals surface area contributed by atoms with Gasteiger partial charge in [-0.15, -0.1) is 0 Å². The highest BCUT2D eigenvalue weighted by Crippen LogP contribution is 2.26. The number of carbonyl (C=O) groups excluding carboxylic acids is 1. The Labute approximate surface area is 112 Å². The highest BCUT2D eigenvalue weighted by molar-refractivity contribution is 5.94. The van der Waals surface area contributed by atoms with Crippen molar-refractivity contribution >= 4 is 5.97 Å². The zero-order valence-electron chi connectivity index (χ0n) is 11.2. The number of carbonyl (C=O) groups is 1. The second-order valence-corrected chi connectivity index (χ2v) is 4.63. The lowest BCUT2D eigenvalue weighted by molar-refractivity contribution is 0.0729. The average Bonchev–Trinajstić information content (AvgIpc) is 2.34. The maximum absolute atomic E-state index is 12.0. The molecule has 0 radical (unpaired) electrons. The molecule has 0 bridgehead atoms. The second kappa shape index (κ2) is 5.14. The van der Waals surface area contributed by atoms with Crippen molar-refractivity contribution in [3.8, 4) is 11.5 Å². The molecule has 0 amide bonds.